The summed E-state index contributed by atoms with van der Waals surface area (Å²) >= 11 is 1.73. The predicted molar refractivity (Wildman–Crippen MR) is 130 cm³/mol. The van der Waals surface area contributed by atoms with Crippen molar-refractivity contribution in [1.82, 2.24) is 9.88 Å². The number of carbonyl (C=O) groups excluding carboxylic acids is 1. The number of hydrogen-bond acceptors (Lipinski definition) is 5. The number of benzene rings is 3. The van der Waals surface area contributed by atoms with E-state index < -0.39 is 0 Å². The maximum atomic E-state index is 13.1. The van der Waals surface area contributed by atoms with Crippen molar-refractivity contribution in [3.8, 4) is 11.5 Å². The topological polar surface area (TPSA) is 45.7 Å². The number of thiazole rings is 1. The maximum absolute atomic E-state index is 13.1. The second-order valence-corrected chi connectivity index (χ2v) is 9.13. The highest BCUT2D eigenvalue weighted by atomic mass is 32.1. The van der Waals surface area contributed by atoms with Gasteiger partial charge < -0.3 is 14.5 Å². The molecule has 1 aromatic heterocycles. The molecule has 3 aromatic carbocycles. The Kier molecular flexibility index (Phi) is 5.53. The van der Waals surface area contributed by atoms with Gasteiger partial charge in [-0.05, 0) is 67.4 Å². The fourth-order valence-electron chi connectivity index (χ4n) is 3.90. The summed E-state index contributed by atoms with van der Waals surface area (Å²) < 4.78 is 7.11. The fourth-order valence-corrected chi connectivity index (χ4v) is 5.00. The largest absolute Gasteiger partial charge is 0.457 e. The minimum absolute atomic E-state index is 0.0405. The van der Waals surface area contributed by atoms with Crippen molar-refractivity contribution < 1.29 is 9.53 Å². The molecule has 1 fully saturated rings. The lowest BCUT2D eigenvalue weighted by Crippen LogP contribution is -2.48. The summed E-state index contributed by atoms with van der Waals surface area (Å²) in [5, 5.41) is 1.04. The molecule has 0 spiro atoms. The van der Waals surface area contributed by atoms with E-state index in [1.165, 1.54) is 15.8 Å². The molecule has 32 heavy (non-hydrogen) atoms. The molecule has 0 radical (unpaired) electrons. The van der Waals surface area contributed by atoms with Gasteiger partial charge >= 0.3 is 0 Å². The van der Waals surface area contributed by atoms with Gasteiger partial charge in [-0.1, -0.05) is 35.6 Å². The molecule has 0 saturated carbocycles. The molecule has 1 aliphatic rings. The summed E-state index contributed by atoms with van der Waals surface area (Å²) in [7, 11) is 0. The van der Waals surface area contributed by atoms with E-state index in [2.05, 4.69) is 30.9 Å². The zero-order chi connectivity index (χ0) is 22.1. The number of ether oxygens (including phenoxy) is 1. The molecule has 0 bridgehead atoms. The smallest absolute Gasteiger partial charge is 0.254 e. The number of carbonyl (C=O) groups is 1. The molecule has 0 unspecified atom stereocenters. The van der Waals surface area contributed by atoms with Gasteiger partial charge in [0.1, 0.15) is 11.5 Å². The third kappa shape index (κ3) is 4.18. The molecule has 0 N–H and O–H groups in total. The number of rotatable bonds is 4. The fraction of sp³-hybridized carbons (Fsp3) is 0.231. The third-order valence-electron chi connectivity index (χ3n) is 5.89. The van der Waals surface area contributed by atoms with Crippen LogP contribution in [0.3, 0.4) is 0 Å². The summed E-state index contributed by atoms with van der Waals surface area (Å²) in [5.41, 5.74) is 4.27. The van der Waals surface area contributed by atoms with E-state index >= 15 is 0 Å². The van der Waals surface area contributed by atoms with Gasteiger partial charge in [-0.2, -0.15) is 0 Å². The summed E-state index contributed by atoms with van der Waals surface area (Å²) in [6.45, 7) is 7.18. The summed E-state index contributed by atoms with van der Waals surface area (Å²) in [4.78, 5) is 22.1. The number of para-hydroxylation sites is 1. The molecule has 1 aliphatic heterocycles. The number of aromatic nitrogens is 1. The van der Waals surface area contributed by atoms with Crippen LogP contribution >= 0.6 is 11.3 Å². The first-order valence-electron chi connectivity index (χ1n) is 10.8. The average molecular weight is 444 g/mol. The van der Waals surface area contributed by atoms with Gasteiger partial charge in [-0.3, -0.25) is 4.79 Å². The van der Waals surface area contributed by atoms with E-state index in [9.17, 15) is 4.79 Å². The number of amides is 1. The van der Waals surface area contributed by atoms with E-state index in [0.717, 1.165) is 29.5 Å². The van der Waals surface area contributed by atoms with Crippen LogP contribution in [0.2, 0.25) is 0 Å². The van der Waals surface area contributed by atoms with Gasteiger partial charge in [0.25, 0.3) is 5.91 Å². The Morgan fingerprint density at radius 2 is 1.59 bits per heavy atom. The van der Waals surface area contributed by atoms with Crippen LogP contribution in [0.25, 0.3) is 10.2 Å². The molecule has 4 aromatic rings. The van der Waals surface area contributed by atoms with Crippen molar-refractivity contribution in [1.29, 1.82) is 0 Å². The van der Waals surface area contributed by atoms with Crippen molar-refractivity contribution in [2.45, 2.75) is 13.8 Å². The molecule has 0 aliphatic carbocycles. The summed E-state index contributed by atoms with van der Waals surface area (Å²) in [6, 6.07) is 21.4. The Balaban J connectivity index is 1.25. The molecular weight excluding hydrogens is 418 g/mol. The Morgan fingerprint density at radius 1 is 0.875 bits per heavy atom. The Hall–Kier alpha value is -3.38. The average Bonchev–Trinajstić information content (AvgIpc) is 3.22. The monoisotopic (exact) mass is 443 g/mol. The highest BCUT2D eigenvalue weighted by Gasteiger charge is 2.24. The number of anilines is 1. The number of aryl methyl sites for hydroxylation is 2. The van der Waals surface area contributed by atoms with Crippen molar-refractivity contribution in [3.05, 3.63) is 83.4 Å². The quantitative estimate of drug-likeness (QED) is 0.408. The van der Waals surface area contributed by atoms with Gasteiger partial charge in [0.05, 0.1) is 10.2 Å². The highest BCUT2D eigenvalue weighted by molar-refractivity contribution is 7.22. The van der Waals surface area contributed by atoms with Crippen molar-refractivity contribution in [2.24, 2.45) is 0 Å². The van der Waals surface area contributed by atoms with E-state index in [4.69, 9.17) is 9.72 Å². The Bertz CT molecular complexity index is 1220. The van der Waals surface area contributed by atoms with E-state index in [0.29, 0.717) is 24.4 Å². The molecular formula is C26H25N3O2S. The SMILES string of the molecule is Cc1cc2nc(N3CCN(C(=O)c4cccc(Oc5ccccc5)c4)CC3)sc2cc1C. The molecule has 5 nitrogen and oxygen atoms in total. The van der Waals surface area contributed by atoms with Crippen molar-refractivity contribution >= 4 is 32.6 Å². The lowest BCUT2D eigenvalue weighted by atomic mass is 10.1. The van der Waals surface area contributed by atoms with Crippen LogP contribution in [0.1, 0.15) is 21.5 Å². The van der Waals surface area contributed by atoms with Gasteiger partial charge in [0.2, 0.25) is 0 Å². The minimum atomic E-state index is 0.0405. The first kappa shape index (κ1) is 20.5. The van der Waals surface area contributed by atoms with Crippen LogP contribution in [0.5, 0.6) is 11.5 Å². The van der Waals surface area contributed by atoms with E-state index in [-0.39, 0.29) is 5.91 Å². The van der Waals surface area contributed by atoms with E-state index in [1.807, 2.05) is 59.5 Å². The van der Waals surface area contributed by atoms with Crippen LogP contribution in [0.4, 0.5) is 5.13 Å². The maximum Gasteiger partial charge on any atom is 0.254 e. The van der Waals surface area contributed by atoms with Crippen LogP contribution in [0, 0.1) is 13.8 Å². The zero-order valence-electron chi connectivity index (χ0n) is 18.2. The standard InChI is InChI=1S/C26H25N3O2S/c1-18-15-23-24(16-19(18)2)32-26(27-23)29-13-11-28(12-14-29)25(30)20-7-6-10-22(17-20)31-21-8-4-3-5-9-21/h3-10,15-17H,11-14H2,1-2H3. The molecule has 1 amide bonds. The first-order chi connectivity index (χ1) is 15.6. The first-order valence-corrected chi connectivity index (χ1v) is 11.6. The number of nitrogens with zero attached hydrogens (tertiary/aromatic N) is 3. The molecule has 5 rings (SSSR count). The van der Waals surface area contributed by atoms with Gasteiger partial charge in [-0.25, -0.2) is 4.98 Å². The summed E-state index contributed by atoms with van der Waals surface area (Å²) in [5.74, 6) is 1.46. The molecule has 2 heterocycles. The number of fused-ring (bicyclic) bond motifs is 1. The Morgan fingerprint density at radius 3 is 2.38 bits per heavy atom. The minimum Gasteiger partial charge on any atom is -0.457 e. The van der Waals surface area contributed by atoms with Crippen LogP contribution in [-0.2, 0) is 0 Å². The van der Waals surface area contributed by atoms with Gasteiger partial charge in [-0.15, -0.1) is 0 Å². The molecule has 162 valence electrons. The predicted octanol–water partition coefficient (Wildman–Crippen LogP) is 5.67. The zero-order valence-corrected chi connectivity index (χ0v) is 19.1. The third-order valence-corrected chi connectivity index (χ3v) is 6.97. The van der Waals surface area contributed by atoms with Crippen LogP contribution in [-0.4, -0.2) is 42.0 Å². The Labute approximate surface area is 191 Å². The normalized spacial score (nSPS) is 14.1. The summed E-state index contributed by atoms with van der Waals surface area (Å²) in [6.07, 6.45) is 0. The highest BCUT2D eigenvalue weighted by Crippen LogP contribution is 2.31. The molecule has 1 saturated heterocycles. The second kappa shape index (κ2) is 8.63. The number of hydrogen-bond donors (Lipinski definition) is 0. The van der Waals surface area contributed by atoms with Crippen LogP contribution < -0.4 is 9.64 Å². The lowest BCUT2D eigenvalue weighted by molar-refractivity contribution is 0.0746. The van der Waals surface area contributed by atoms with Crippen molar-refractivity contribution in [2.75, 3.05) is 31.1 Å². The van der Waals surface area contributed by atoms with Crippen molar-refractivity contribution in [3.63, 3.8) is 0 Å². The van der Waals surface area contributed by atoms with Gasteiger partial charge in [0.15, 0.2) is 5.13 Å². The van der Waals surface area contributed by atoms with E-state index in [1.54, 1.807) is 11.3 Å². The molecule has 0 atom stereocenters. The number of piperazine rings is 1. The lowest BCUT2D eigenvalue weighted by Gasteiger charge is -2.34. The van der Waals surface area contributed by atoms with Crippen LogP contribution in [0.15, 0.2) is 66.7 Å². The second-order valence-electron chi connectivity index (χ2n) is 8.12. The molecule has 6 heteroatoms. The van der Waals surface area contributed by atoms with Gasteiger partial charge in [0, 0.05) is 31.7 Å².